The van der Waals surface area contributed by atoms with E-state index in [1.165, 1.54) is 0 Å². The lowest BCUT2D eigenvalue weighted by Gasteiger charge is -2.16. The van der Waals surface area contributed by atoms with E-state index in [1.807, 2.05) is 42.0 Å². The van der Waals surface area contributed by atoms with Crippen molar-refractivity contribution in [3.63, 3.8) is 0 Å². The van der Waals surface area contributed by atoms with Crippen LogP contribution < -0.4 is 10.1 Å². The standard InChI is InChI=1S/C17H19N5O2/c1-14(22-9-7-19-13-22)17(23)20-15-4-2-3-5-16(15)24-11-10-21-8-6-18-12-21/h2-9,12-14H,10-11H2,1H3,(H,20,23)/t14-/m1/s1. The van der Waals surface area contributed by atoms with Crippen LogP contribution >= 0.6 is 0 Å². The number of para-hydroxylation sites is 2. The zero-order valence-corrected chi connectivity index (χ0v) is 13.4. The summed E-state index contributed by atoms with van der Waals surface area (Å²) in [5.74, 6) is 0.516. The average Bonchev–Trinajstić information content (AvgIpc) is 3.29. The van der Waals surface area contributed by atoms with Crippen molar-refractivity contribution >= 4 is 11.6 Å². The molecule has 1 aromatic carbocycles. The number of aromatic nitrogens is 4. The van der Waals surface area contributed by atoms with Gasteiger partial charge in [-0.1, -0.05) is 12.1 Å². The van der Waals surface area contributed by atoms with Gasteiger partial charge in [0.15, 0.2) is 0 Å². The second-order valence-electron chi connectivity index (χ2n) is 5.32. The van der Waals surface area contributed by atoms with Gasteiger partial charge in [-0.05, 0) is 19.1 Å². The van der Waals surface area contributed by atoms with E-state index >= 15 is 0 Å². The Bertz CT molecular complexity index is 768. The second-order valence-corrected chi connectivity index (χ2v) is 5.32. The molecule has 2 heterocycles. The molecule has 3 aromatic rings. The molecule has 0 unspecified atom stereocenters. The van der Waals surface area contributed by atoms with Gasteiger partial charge in [0, 0.05) is 24.8 Å². The third-order valence-corrected chi connectivity index (χ3v) is 3.66. The Balaban J connectivity index is 1.62. The Morgan fingerprint density at radius 2 is 2.00 bits per heavy atom. The summed E-state index contributed by atoms with van der Waals surface area (Å²) in [4.78, 5) is 20.4. The van der Waals surface area contributed by atoms with Gasteiger partial charge in [-0.3, -0.25) is 4.79 Å². The van der Waals surface area contributed by atoms with Gasteiger partial charge in [-0.25, -0.2) is 9.97 Å². The van der Waals surface area contributed by atoms with Crippen LogP contribution in [0.3, 0.4) is 0 Å². The molecule has 7 heteroatoms. The number of amides is 1. The maximum atomic E-state index is 12.4. The summed E-state index contributed by atoms with van der Waals surface area (Å²) in [5.41, 5.74) is 0.653. The Labute approximate surface area is 139 Å². The van der Waals surface area contributed by atoms with E-state index in [0.717, 1.165) is 0 Å². The van der Waals surface area contributed by atoms with E-state index in [-0.39, 0.29) is 11.9 Å². The first kappa shape index (κ1) is 15.8. The van der Waals surface area contributed by atoms with Crippen LogP contribution in [0, 0.1) is 0 Å². The second kappa shape index (κ2) is 7.45. The number of ether oxygens (including phenoxy) is 1. The van der Waals surface area contributed by atoms with Crippen molar-refractivity contribution in [2.45, 2.75) is 19.5 Å². The highest BCUT2D eigenvalue weighted by Gasteiger charge is 2.16. The molecule has 124 valence electrons. The molecule has 0 spiro atoms. The van der Waals surface area contributed by atoms with Crippen molar-refractivity contribution in [1.82, 2.24) is 19.1 Å². The quantitative estimate of drug-likeness (QED) is 0.724. The van der Waals surface area contributed by atoms with Crippen molar-refractivity contribution in [3.05, 3.63) is 61.7 Å². The number of nitrogens with one attached hydrogen (secondary N) is 1. The lowest BCUT2D eigenvalue weighted by atomic mass is 10.2. The molecule has 0 aliphatic rings. The van der Waals surface area contributed by atoms with E-state index in [1.54, 1.807) is 35.8 Å². The summed E-state index contributed by atoms with van der Waals surface area (Å²) in [6.45, 7) is 2.99. The third-order valence-electron chi connectivity index (χ3n) is 3.66. The molecule has 0 aliphatic carbocycles. The fourth-order valence-corrected chi connectivity index (χ4v) is 2.25. The molecule has 0 saturated heterocycles. The molecule has 3 rings (SSSR count). The maximum absolute atomic E-state index is 12.4. The van der Waals surface area contributed by atoms with Gasteiger partial charge >= 0.3 is 0 Å². The molecule has 1 amide bonds. The predicted molar refractivity (Wildman–Crippen MR) is 89.7 cm³/mol. The van der Waals surface area contributed by atoms with Crippen LogP contribution in [0.1, 0.15) is 13.0 Å². The molecule has 0 aliphatic heterocycles. The molecule has 0 saturated carbocycles. The molecular weight excluding hydrogens is 306 g/mol. The Morgan fingerprint density at radius 1 is 1.21 bits per heavy atom. The molecule has 2 aromatic heterocycles. The van der Waals surface area contributed by atoms with Crippen LogP contribution in [0.5, 0.6) is 5.75 Å². The van der Waals surface area contributed by atoms with Crippen molar-refractivity contribution in [2.75, 3.05) is 11.9 Å². The van der Waals surface area contributed by atoms with Gasteiger partial charge in [0.05, 0.1) is 24.9 Å². The summed E-state index contributed by atoms with van der Waals surface area (Å²) >= 11 is 0. The molecule has 0 radical (unpaired) electrons. The van der Waals surface area contributed by atoms with Crippen molar-refractivity contribution in [2.24, 2.45) is 0 Å². The van der Waals surface area contributed by atoms with E-state index < -0.39 is 0 Å². The molecule has 1 atom stereocenters. The topological polar surface area (TPSA) is 74.0 Å². The van der Waals surface area contributed by atoms with Crippen molar-refractivity contribution in [3.8, 4) is 5.75 Å². The zero-order chi connectivity index (χ0) is 16.8. The van der Waals surface area contributed by atoms with Crippen LogP contribution in [0.25, 0.3) is 0 Å². The fraction of sp³-hybridized carbons (Fsp3) is 0.235. The summed E-state index contributed by atoms with van der Waals surface area (Å²) in [6.07, 6.45) is 10.4. The number of carbonyl (C=O) groups is 1. The minimum absolute atomic E-state index is 0.126. The number of hydrogen-bond acceptors (Lipinski definition) is 4. The van der Waals surface area contributed by atoms with Crippen molar-refractivity contribution in [1.29, 1.82) is 0 Å². The fourth-order valence-electron chi connectivity index (χ4n) is 2.25. The summed E-state index contributed by atoms with van der Waals surface area (Å²) < 4.78 is 9.48. The van der Waals surface area contributed by atoms with E-state index in [4.69, 9.17) is 4.74 Å². The normalized spacial score (nSPS) is 11.9. The van der Waals surface area contributed by atoms with Crippen molar-refractivity contribution < 1.29 is 9.53 Å². The highest BCUT2D eigenvalue weighted by Crippen LogP contribution is 2.24. The molecule has 0 bridgehead atoms. The molecule has 0 fully saturated rings. The first-order chi connectivity index (χ1) is 11.7. The van der Waals surface area contributed by atoms with Gasteiger partial charge in [0.2, 0.25) is 5.91 Å². The Hall–Kier alpha value is -3.09. The summed E-state index contributed by atoms with van der Waals surface area (Å²) in [7, 11) is 0. The lowest BCUT2D eigenvalue weighted by Crippen LogP contribution is -2.23. The number of carbonyl (C=O) groups excluding carboxylic acids is 1. The van der Waals surface area contributed by atoms with Crippen LogP contribution in [0.15, 0.2) is 61.7 Å². The van der Waals surface area contributed by atoms with Crippen LogP contribution in [0.2, 0.25) is 0 Å². The minimum Gasteiger partial charge on any atom is -0.490 e. The molecule has 24 heavy (non-hydrogen) atoms. The number of hydrogen-bond donors (Lipinski definition) is 1. The largest absolute Gasteiger partial charge is 0.490 e. The van der Waals surface area contributed by atoms with Crippen LogP contribution in [-0.2, 0) is 11.3 Å². The number of imidazole rings is 2. The number of rotatable bonds is 7. The number of anilines is 1. The van der Waals surface area contributed by atoms with Gasteiger partial charge in [-0.15, -0.1) is 0 Å². The third kappa shape index (κ3) is 3.81. The van der Waals surface area contributed by atoms with E-state index in [0.29, 0.717) is 24.6 Å². The molecular formula is C17H19N5O2. The molecule has 7 nitrogen and oxygen atoms in total. The highest BCUT2D eigenvalue weighted by molar-refractivity contribution is 5.94. The highest BCUT2D eigenvalue weighted by atomic mass is 16.5. The van der Waals surface area contributed by atoms with Gasteiger partial charge in [-0.2, -0.15) is 0 Å². The first-order valence-corrected chi connectivity index (χ1v) is 7.70. The van der Waals surface area contributed by atoms with Gasteiger partial charge < -0.3 is 19.2 Å². The first-order valence-electron chi connectivity index (χ1n) is 7.70. The lowest BCUT2D eigenvalue weighted by molar-refractivity contribution is -0.118. The summed E-state index contributed by atoms with van der Waals surface area (Å²) in [5, 5.41) is 2.91. The SMILES string of the molecule is C[C@H](C(=O)Nc1ccccc1OCCn1ccnc1)n1ccnc1. The van der Waals surface area contributed by atoms with Crippen LogP contribution in [-0.4, -0.2) is 31.6 Å². The minimum atomic E-state index is -0.355. The summed E-state index contributed by atoms with van der Waals surface area (Å²) in [6, 6.07) is 7.05. The number of benzene rings is 1. The maximum Gasteiger partial charge on any atom is 0.247 e. The zero-order valence-electron chi connectivity index (χ0n) is 13.4. The monoisotopic (exact) mass is 325 g/mol. The van der Waals surface area contributed by atoms with Crippen LogP contribution in [0.4, 0.5) is 5.69 Å². The molecule has 1 N–H and O–H groups in total. The predicted octanol–water partition coefficient (Wildman–Crippen LogP) is 2.36. The van der Waals surface area contributed by atoms with Gasteiger partial charge in [0.25, 0.3) is 0 Å². The van der Waals surface area contributed by atoms with E-state index in [2.05, 4.69) is 15.3 Å². The number of nitrogens with zero attached hydrogens (tertiary/aromatic N) is 4. The Morgan fingerprint density at radius 3 is 2.75 bits per heavy atom. The van der Waals surface area contributed by atoms with Gasteiger partial charge in [0.1, 0.15) is 18.4 Å². The average molecular weight is 325 g/mol. The van der Waals surface area contributed by atoms with E-state index in [9.17, 15) is 4.79 Å². The Kier molecular flexibility index (Phi) is 4.90. The smallest absolute Gasteiger partial charge is 0.247 e.